The van der Waals surface area contributed by atoms with Gasteiger partial charge in [0, 0.05) is 12.5 Å². The largest absolute Gasteiger partial charge is 0.481 e. The first-order chi connectivity index (χ1) is 8.66. The number of carboxylic acids is 1. The Balaban J connectivity index is 1.96. The Kier molecular flexibility index (Phi) is 3.66. The van der Waals surface area contributed by atoms with Gasteiger partial charge >= 0.3 is 5.97 Å². The van der Waals surface area contributed by atoms with Gasteiger partial charge in [-0.3, -0.25) is 9.78 Å². The minimum absolute atomic E-state index is 0.126. The molecule has 1 atom stereocenters. The SMILES string of the molecule is CC(CCCC(=O)O)Nc1cncc2nnnn12. The molecule has 0 aromatic carbocycles. The lowest BCUT2D eigenvalue weighted by Gasteiger charge is -2.14. The summed E-state index contributed by atoms with van der Waals surface area (Å²) in [5.41, 5.74) is 0.567. The van der Waals surface area contributed by atoms with Crippen LogP contribution in [0.1, 0.15) is 26.2 Å². The lowest BCUT2D eigenvalue weighted by atomic mass is 10.1. The molecule has 2 aromatic heterocycles. The zero-order valence-corrected chi connectivity index (χ0v) is 9.94. The van der Waals surface area contributed by atoms with E-state index in [1.807, 2.05) is 6.92 Å². The second-order valence-electron chi connectivity index (χ2n) is 4.07. The van der Waals surface area contributed by atoms with Gasteiger partial charge in [0.15, 0.2) is 11.5 Å². The Morgan fingerprint density at radius 1 is 1.56 bits per heavy atom. The van der Waals surface area contributed by atoms with E-state index in [1.54, 1.807) is 16.9 Å². The molecular weight excluding hydrogens is 236 g/mol. The molecule has 0 amide bonds. The first-order valence-corrected chi connectivity index (χ1v) is 5.67. The summed E-state index contributed by atoms with van der Waals surface area (Å²) >= 11 is 0. The lowest BCUT2D eigenvalue weighted by Crippen LogP contribution is -2.18. The van der Waals surface area contributed by atoms with E-state index in [4.69, 9.17) is 5.11 Å². The maximum Gasteiger partial charge on any atom is 0.303 e. The zero-order chi connectivity index (χ0) is 13.0. The number of anilines is 1. The summed E-state index contributed by atoms with van der Waals surface area (Å²) in [7, 11) is 0. The number of nitrogens with one attached hydrogen (secondary N) is 1. The highest BCUT2D eigenvalue weighted by atomic mass is 16.4. The number of aromatic nitrogens is 5. The quantitative estimate of drug-likeness (QED) is 0.772. The van der Waals surface area contributed by atoms with Gasteiger partial charge < -0.3 is 10.4 Å². The summed E-state index contributed by atoms with van der Waals surface area (Å²) in [6.45, 7) is 1.98. The molecule has 0 fully saturated rings. The first kappa shape index (κ1) is 12.2. The fraction of sp³-hybridized carbons (Fsp3) is 0.500. The van der Waals surface area contributed by atoms with E-state index in [-0.39, 0.29) is 12.5 Å². The molecule has 0 aliphatic carbocycles. The van der Waals surface area contributed by atoms with Crippen molar-refractivity contribution in [2.75, 3.05) is 5.32 Å². The molecule has 2 N–H and O–H groups in total. The van der Waals surface area contributed by atoms with Crippen LogP contribution < -0.4 is 5.32 Å². The van der Waals surface area contributed by atoms with Crippen LogP contribution in [0.3, 0.4) is 0 Å². The Labute approximate surface area is 103 Å². The van der Waals surface area contributed by atoms with Gasteiger partial charge in [-0.15, -0.1) is 5.10 Å². The first-order valence-electron chi connectivity index (χ1n) is 5.67. The summed E-state index contributed by atoms with van der Waals surface area (Å²) in [4.78, 5) is 14.4. The normalized spacial score (nSPS) is 12.5. The number of rotatable bonds is 6. The van der Waals surface area contributed by atoms with Crippen molar-refractivity contribution in [2.24, 2.45) is 0 Å². The topological polar surface area (TPSA) is 105 Å². The van der Waals surface area contributed by atoms with Gasteiger partial charge in [-0.2, -0.15) is 4.52 Å². The van der Waals surface area contributed by atoms with Crippen molar-refractivity contribution in [3.8, 4) is 0 Å². The molecular formula is C10H14N6O2. The van der Waals surface area contributed by atoms with E-state index >= 15 is 0 Å². The number of hydrogen-bond donors (Lipinski definition) is 2. The molecule has 0 aliphatic rings. The maximum atomic E-state index is 10.4. The highest BCUT2D eigenvalue weighted by molar-refractivity contribution is 5.66. The molecule has 0 spiro atoms. The predicted molar refractivity (Wildman–Crippen MR) is 63.1 cm³/mol. The molecule has 2 rings (SSSR count). The summed E-state index contributed by atoms with van der Waals surface area (Å²) in [6, 6.07) is 0.126. The molecule has 8 nitrogen and oxygen atoms in total. The van der Waals surface area contributed by atoms with Gasteiger partial charge in [0.1, 0.15) is 0 Å². The van der Waals surface area contributed by atoms with Crippen molar-refractivity contribution < 1.29 is 9.90 Å². The van der Waals surface area contributed by atoms with Gasteiger partial charge in [-0.05, 0) is 30.2 Å². The molecule has 1 unspecified atom stereocenters. The van der Waals surface area contributed by atoms with Crippen LogP contribution in [0.2, 0.25) is 0 Å². The third-order valence-corrected chi connectivity index (χ3v) is 2.53. The molecule has 2 heterocycles. The number of hydrogen-bond acceptors (Lipinski definition) is 6. The van der Waals surface area contributed by atoms with Crippen LogP contribution in [0.15, 0.2) is 12.4 Å². The van der Waals surface area contributed by atoms with Crippen LogP contribution in [0, 0.1) is 0 Å². The highest BCUT2D eigenvalue weighted by Crippen LogP contribution is 2.10. The Bertz CT molecular complexity index is 540. The number of nitrogens with zero attached hydrogens (tertiary/aromatic N) is 5. The number of carboxylic acid groups (broad SMARTS) is 1. The summed E-state index contributed by atoms with van der Waals surface area (Å²) < 4.78 is 1.56. The summed E-state index contributed by atoms with van der Waals surface area (Å²) in [5.74, 6) is -0.0771. The van der Waals surface area contributed by atoms with E-state index in [2.05, 4.69) is 25.8 Å². The second-order valence-corrected chi connectivity index (χ2v) is 4.07. The molecule has 0 saturated heterocycles. The van der Waals surface area contributed by atoms with E-state index in [0.29, 0.717) is 17.9 Å². The van der Waals surface area contributed by atoms with Crippen LogP contribution in [0.4, 0.5) is 5.82 Å². The Morgan fingerprint density at radius 2 is 2.39 bits per heavy atom. The molecule has 0 bridgehead atoms. The lowest BCUT2D eigenvalue weighted by molar-refractivity contribution is -0.137. The maximum absolute atomic E-state index is 10.4. The van der Waals surface area contributed by atoms with Crippen molar-refractivity contribution in [1.82, 2.24) is 25.0 Å². The smallest absolute Gasteiger partial charge is 0.303 e. The molecule has 8 heteroatoms. The van der Waals surface area contributed by atoms with E-state index in [1.165, 1.54) is 0 Å². The van der Waals surface area contributed by atoms with Gasteiger partial charge in [-0.25, -0.2) is 0 Å². The van der Waals surface area contributed by atoms with Crippen molar-refractivity contribution in [3.05, 3.63) is 12.4 Å². The molecule has 0 aliphatic heterocycles. The number of aliphatic carboxylic acids is 1. The molecule has 2 aromatic rings. The van der Waals surface area contributed by atoms with Crippen LogP contribution in [-0.2, 0) is 4.79 Å². The van der Waals surface area contributed by atoms with Gasteiger partial charge in [0.05, 0.1) is 12.4 Å². The zero-order valence-electron chi connectivity index (χ0n) is 9.94. The predicted octanol–water partition coefficient (Wildman–Crippen LogP) is 0.575. The van der Waals surface area contributed by atoms with Gasteiger partial charge in [-0.1, -0.05) is 0 Å². The minimum atomic E-state index is -0.772. The molecule has 18 heavy (non-hydrogen) atoms. The third kappa shape index (κ3) is 2.90. The summed E-state index contributed by atoms with van der Waals surface area (Å²) in [5, 5.41) is 23.0. The fourth-order valence-corrected chi connectivity index (χ4v) is 1.66. The fourth-order valence-electron chi connectivity index (χ4n) is 1.66. The molecule has 96 valence electrons. The standard InChI is InChI=1S/C10H14N6O2/c1-7(3-2-4-10(17)18)12-8-5-11-6-9-13-14-15-16(8)9/h5-7,12H,2-4H2,1H3,(H,17,18). The number of tetrazole rings is 1. The molecule has 0 saturated carbocycles. The van der Waals surface area contributed by atoms with Crippen molar-refractivity contribution in [1.29, 1.82) is 0 Å². The van der Waals surface area contributed by atoms with Crippen molar-refractivity contribution >= 4 is 17.4 Å². The van der Waals surface area contributed by atoms with Crippen LogP contribution in [0.5, 0.6) is 0 Å². The average molecular weight is 250 g/mol. The van der Waals surface area contributed by atoms with Crippen molar-refractivity contribution in [2.45, 2.75) is 32.2 Å². The van der Waals surface area contributed by atoms with Crippen molar-refractivity contribution in [3.63, 3.8) is 0 Å². The van der Waals surface area contributed by atoms with E-state index < -0.39 is 5.97 Å². The number of carbonyl (C=O) groups is 1. The Morgan fingerprint density at radius 3 is 3.17 bits per heavy atom. The highest BCUT2D eigenvalue weighted by Gasteiger charge is 2.08. The van der Waals surface area contributed by atoms with Crippen LogP contribution in [0.25, 0.3) is 5.65 Å². The minimum Gasteiger partial charge on any atom is -0.481 e. The molecule has 0 radical (unpaired) electrons. The third-order valence-electron chi connectivity index (χ3n) is 2.53. The van der Waals surface area contributed by atoms with Gasteiger partial charge in [0.25, 0.3) is 0 Å². The van der Waals surface area contributed by atoms with Crippen LogP contribution >= 0.6 is 0 Å². The van der Waals surface area contributed by atoms with E-state index in [0.717, 1.165) is 6.42 Å². The van der Waals surface area contributed by atoms with Gasteiger partial charge in [0.2, 0.25) is 0 Å². The average Bonchev–Trinajstić information content (AvgIpc) is 2.77. The Hall–Kier alpha value is -2.25. The number of fused-ring (bicyclic) bond motifs is 1. The van der Waals surface area contributed by atoms with Crippen LogP contribution in [-0.4, -0.2) is 42.1 Å². The monoisotopic (exact) mass is 250 g/mol. The second kappa shape index (κ2) is 5.39. The summed E-state index contributed by atoms with van der Waals surface area (Å²) in [6.07, 6.45) is 4.77. The van der Waals surface area contributed by atoms with E-state index in [9.17, 15) is 4.79 Å².